The number of hydrogen-bond donors (Lipinski definition) is 2. The summed E-state index contributed by atoms with van der Waals surface area (Å²) in [5.41, 5.74) is 1.51. The van der Waals surface area contributed by atoms with Gasteiger partial charge >= 0.3 is 0 Å². The number of fused-ring (bicyclic) bond motifs is 1. The van der Waals surface area contributed by atoms with Crippen molar-refractivity contribution in [1.29, 1.82) is 0 Å². The first-order chi connectivity index (χ1) is 16.5. The lowest BCUT2D eigenvalue weighted by molar-refractivity contribution is -0.125. The van der Waals surface area contributed by atoms with E-state index < -0.39 is 6.10 Å². The molecule has 3 amide bonds. The Labute approximate surface area is 197 Å². The Bertz CT molecular complexity index is 1170. The van der Waals surface area contributed by atoms with Crippen LogP contribution in [0.15, 0.2) is 78.9 Å². The Morgan fingerprint density at radius 3 is 2.44 bits per heavy atom. The van der Waals surface area contributed by atoms with Gasteiger partial charge in [0.05, 0.1) is 18.8 Å². The summed E-state index contributed by atoms with van der Waals surface area (Å²) in [6, 6.07) is 23.1. The highest BCUT2D eigenvalue weighted by molar-refractivity contribution is 6.02. The van der Waals surface area contributed by atoms with Crippen LogP contribution < -0.4 is 25.0 Å². The summed E-state index contributed by atoms with van der Waals surface area (Å²) in [6.45, 7) is 2.12. The highest BCUT2D eigenvalue weighted by atomic mass is 16.5. The monoisotopic (exact) mass is 459 g/mol. The van der Waals surface area contributed by atoms with Gasteiger partial charge in [-0.2, -0.15) is 0 Å². The Hall–Kier alpha value is -4.33. The zero-order valence-corrected chi connectivity index (χ0v) is 18.7. The molecule has 0 fully saturated rings. The molecule has 1 aliphatic rings. The Balaban J connectivity index is 1.40. The molecule has 34 heavy (non-hydrogen) atoms. The van der Waals surface area contributed by atoms with E-state index in [1.807, 2.05) is 36.4 Å². The molecule has 0 radical (unpaired) electrons. The Morgan fingerprint density at radius 1 is 1.00 bits per heavy atom. The van der Waals surface area contributed by atoms with Gasteiger partial charge in [0.25, 0.3) is 11.8 Å². The Morgan fingerprint density at radius 2 is 1.71 bits per heavy atom. The maximum atomic E-state index is 12.8. The van der Waals surface area contributed by atoms with Crippen molar-refractivity contribution >= 4 is 29.1 Å². The van der Waals surface area contributed by atoms with E-state index in [2.05, 4.69) is 10.6 Å². The lowest BCUT2D eigenvalue weighted by atomic mass is 10.1. The molecule has 2 N–H and O–H groups in total. The standard InChI is InChI=1S/C26H25N3O5/c1-18-26(32)29(14-15-33-21-10-6-3-7-11-21)22-16-20(12-13-23(22)34-18)28-24(30)17-27-25(31)19-8-4-2-5-9-19/h2-13,16,18H,14-15,17H2,1H3,(H,27,31)(H,28,30). The van der Waals surface area contributed by atoms with Crippen LogP contribution in [-0.4, -0.2) is 43.5 Å². The number of ether oxygens (including phenoxy) is 2. The van der Waals surface area contributed by atoms with Crippen LogP contribution in [0.1, 0.15) is 17.3 Å². The predicted molar refractivity (Wildman–Crippen MR) is 128 cm³/mol. The van der Waals surface area contributed by atoms with Crippen molar-refractivity contribution in [1.82, 2.24) is 5.32 Å². The minimum Gasteiger partial charge on any atom is -0.492 e. The molecule has 0 saturated carbocycles. The molecule has 4 rings (SSSR count). The zero-order valence-electron chi connectivity index (χ0n) is 18.7. The number of para-hydroxylation sites is 1. The largest absolute Gasteiger partial charge is 0.492 e. The average Bonchev–Trinajstić information content (AvgIpc) is 2.86. The van der Waals surface area contributed by atoms with Crippen LogP contribution >= 0.6 is 0 Å². The maximum Gasteiger partial charge on any atom is 0.267 e. The molecule has 1 unspecified atom stereocenters. The Kier molecular flexibility index (Phi) is 7.07. The van der Waals surface area contributed by atoms with E-state index in [1.54, 1.807) is 54.3 Å². The molecule has 1 atom stereocenters. The fraction of sp³-hybridized carbons (Fsp3) is 0.192. The number of amides is 3. The van der Waals surface area contributed by atoms with Gasteiger partial charge in [-0.25, -0.2) is 0 Å². The summed E-state index contributed by atoms with van der Waals surface area (Å²) in [4.78, 5) is 38.9. The predicted octanol–water partition coefficient (Wildman–Crippen LogP) is 3.25. The minimum atomic E-state index is -0.627. The molecule has 0 aromatic heterocycles. The summed E-state index contributed by atoms with van der Waals surface area (Å²) in [7, 11) is 0. The summed E-state index contributed by atoms with van der Waals surface area (Å²) in [6.07, 6.45) is -0.627. The number of benzene rings is 3. The summed E-state index contributed by atoms with van der Waals surface area (Å²) in [5.74, 6) is 0.346. The number of hydrogen-bond acceptors (Lipinski definition) is 5. The van der Waals surface area contributed by atoms with Crippen molar-refractivity contribution < 1.29 is 23.9 Å². The van der Waals surface area contributed by atoms with Gasteiger partial charge < -0.3 is 25.0 Å². The smallest absolute Gasteiger partial charge is 0.267 e. The molecule has 3 aromatic rings. The molecule has 3 aromatic carbocycles. The van der Waals surface area contributed by atoms with Crippen LogP contribution in [0.4, 0.5) is 11.4 Å². The number of nitrogens with one attached hydrogen (secondary N) is 2. The highest BCUT2D eigenvalue weighted by Crippen LogP contribution is 2.36. The number of carbonyl (C=O) groups is 3. The second-order valence-electron chi connectivity index (χ2n) is 7.69. The van der Waals surface area contributed by atoms with Gasteiger partial charge in [-0.1, -0.05) is 36.4 Å². The fourth-order valence-corrected chi connectivity index (χ4v) is 3.54. The molecule has 1 heterocycles. The lowest BCUT2D eigenvalue weighted by Crippen LogP contribution is -2.46. The van der Waals surface area contributed by atoms with Crippen molar-refractivity contribution in [2.24, 2.45) is 0 Å². The van der Waals surface area contributed by atoms with Crippen molar-refractivity contribution in [3.8, 4) is 11.5 Å². The molecule has 8 heteroatoms. The van der Waals surface area contributed by atoms with Crippen LogP contribution in [0.3, 0.4) is 0 Å². The van der Waals surface area contributed by atoms with E-state index in [0.717, 1.165) is 5.75 Å². The lowest BCUT2D eigenvalue weighted by Gasteiger charge is -2.33. The van der Waals surface area contributed by atoms with Crippen molar-refractivity contribution in [2.75, 3.05) is 29.9 Å². The SMILES string of the molecule is CC1Oc2ccc(NC(=O)CNC(=O)c3ccccc3)cc2N(CCOc2ccccc2)C1=O. The van der Waals surface area contributed by atoms with E-state index in [-0.39, 0.29) is 24.3 Å². The van der Waals surface area contributed by atoms with Gasteiger partial charge in [0.2, 0.25) is 5.91 Å². The van der Waals surface area contributed by atoms with Crippen LogP contribution in [0.5, 0.6) is 11.5 Å². The van der Waals surface area contributed by atoms with Gasteiger partial charge in [-0.3, -0.25) is 14.4 Å². The van der Waals surface area contributed by atoms with Gasteiger partial charge in [0.15, 0.2) is 6.10 Å². The molecular weight excluding hydrogens is 434 g/mol. The first-order valence-corrected chi connectivity index (χ1v) is 10.9. The van der Waals surface area contributed by atoms with Crippen LogP contribution in [0, 0.1) is 0 Å². The topological polar surface area (TPSA) is 97.0 Å². The number of carbonyl (C=O) groups excluding carboxylic acids is 3. The van der Waals surface area contributed by atoms with E-state index >= 15 is 0 Å². The first-order valence-electron chi connectivity index (χ1n) is 10.9. The second kappa shape index (κ2) is 10.5. The zero-order chi connectivity index (χ0) is 23.9. The molecular formula is C26H25N3O5. The summed E-state index contributed by atoms with van der Waals surface area (Å²) < 4.78 is 11.5. The van der Waals surface area contributed by atoms with E-state index in [1.165, 1.54) is 0 Å². The molecule has 0 saturated heterocycles. The van der Waals surface area contributed by atoms with Crippen LogP contribution in [0.2, 0.25) is 0 Å². The number of anilines is 2. The van der Waals surface area contributed by atoms with Gasteiger partial charge in [0, 0.05) is 11.3 Å². The third-order valence-electron chi connectivity index (χ3n) is 5.22. The molecule has 1 aliphatic heterocycles. The second-order valence-corrected chi connectivity index (χ2v) is 7.69. The van der Waals surface area contributed by atoms with E-state index in [9.17, 15) is 14.4 Å². The van der Waals surface area contributed by atoms with Crippen molar-refractivity contribution in [3.63, 3.8) is 0 Å². The fourth-order valence-electron chi connectivity index (χ4n) is 3.54. The van der Waals surface area contributed by atoms with Gasteiger partial charge in [-0.05, 0) is 49.4 Å². The van der Waals surface area contributed by atoms with Gasteiger partial charge in [0.1, 0.15) is 18.1 Å². The quantitative estimate of drug-likeness (QED) is 0.539. The summed E-state index contributed by atoms with van der Waals surface area (Å²) >= 11 is 0. The van der Waals surface area contributed by atoms with Crippen LogP contribution in [0.25, 0.3) is 0 Å². The third kappa shape index (κ3) is 5.53. The van der Waals surface area contributed by atoms with E-state index in [0.29, 0.717) is 35.8 Å². The molecule has 0 spiro atoms. The minimum absolute atomic E-state index is 0.189. The molecule has 174 valence electrons. The van der Waals surface area contributed by atoms with Crippen molar-refractivity contribution in [3.05, 3.63) is 84.4 Å². The number of nitrogens with zero attached hydrogens (tertiary/aromatic N) is 1. The first kappa shape index (κ1) is 22.8. The average molecular weight is 460 g/mol. The normalized spacial score (nSPS) is 14.6. The molecule has 0 aliphatic carbocycles. The number of rotatable bonds is 8. The van der Waals surface area contributed by atoms with Crippen LogP contribution in [-0.2, 0) is 9.59 Å². The maximum absolute atomic E-state index is 12.8. The molecule has 0 bridgehead atoms. The summed E-state index contributed by atoms with van der Waals surface area (Å²) in [5, 5.41) is 5.34. The third-order valence-corrected chi connectivity index (χ3v) is 5.22. The highest BCUT2D eigenvalue weighted by Gasteiger charge is 2.31. The van der Waals surface area contributed by atoms with Gasteiger partial charge in [-0.15, -0.1) is 0 Å². The van der Waals surface area contributed by atoms with E-state index in [4.69, 9.17) is 9.47 Å². The van der Waals surface area contributed by atoms with Crippen molar-refractivity contribution in [2.45, 2.75) is 13.0 Å². The molecule has 8 nitrogen and oxygen atoms in total.